The molecule has 0 aliphatic carbocycles. The minimum Gasteiger partial charge on any atom is -0.462 e. The van der Waals surface area contributed by atoms with Crippen LogP contribution in [0.25, 0.3) is 0 Å². The van der Waals surface area contributed by atoms with Gasteiger partial charge in [-0.05, 0) is 37.1 Å². The number of amides is 2. The highest BCUT2D eigenvalue weighted by Crippen LogP contribution is 2.11. The van der Waals surface area contributed by atoms with E-state index in [1.807, 2.05) is 6.92 Å². The molecule has 0 saturated carbocycles. The van der Waals surface area contributed by atoms with Crippen molar-refractivity contribution < 1.29 is 24.0 Å². The van der Waals surface area contributed by atoms with Crippen LogP contribution in [0.3, 0.4) is 0 Å². The Balaban J connectivity index is 2.29. The molecule has 0 heterocycles. The minimum absolute atomic E-state index is 0.239. The third-order valence-electron chi connectivity index (χ3n) is 3.53. The van der Waals surface area contributed by atoms with Crippen molar-refractivity contribution in [3.05, 3.63) is 29.8 Å². The molecular formula is C19H28N2O5. The van der Waals surface area contributed by atoms with Crippen molar-refractivity contribution in [2.45, 2.75) is 52.4 Å². The molecule has 7 nitrogen and oxygen atoms in total. The molecule has 7 heteroatoms. The van der Waals surface area contributed by atoms with Gasteiger partial charge in [-0.25, -0.2) is 10.3 Å². The molecule has 0 spiro atoms. The first kappa shape index (κ1) is 21.6. The van der Waals surface area contributed by atoms with E-state index in [1.165, 1.54) is 0 Å². The highest BCUT2D eigenvalue weighted by molar-refractivity contribution is 5.93. The lowest BCUT2D eigenvalue weighted by molar-refractivity contribution is -0.137. The number of carbonyl (C=O) groups excluding carboxylic acids is 3. The van der Waals surface area contributed by atoms with Crippen LogP contribution >= 0.6 is 0 Å². The highest BCUT2D eigenvalue weighted by atomic mass is 16.7. The molecule has 0 aliphatic heterocycles. The van der Waals surface area contributed by atoms with Crippen LogP contribution in [0.15, 0.2) is 24.3 Å². The van der Waals surface area contributed by atoms with Gasteiger partial charge in [-0.2, -0.15) is 0 Å². The highest BCUT2D eigenvalue weighted by Gasteiger charge is 2.08. The van der Waals surface area contributed by atoms with Gasteiger partial charge in [-0.1, -0.05) is 33.1 Å². The van der Waals surface area contributed by atoms with Gasteiger partial charge in [0.15, 0.2) is 6.61 Å². The Morgan fingerprint density at radius 2 is 1.62 bits per heavy atom. The number of unbranched alkanes of at least 4 members (excludes halogenated alkanes) is 3. The lowest BCUT2D eigenvalue weighted by Crippen LogP contribution is -2.28. The van der Waals surface area contributed by atoms with Gasteiger partial charge in [0, 0.05) is 12.1 Å². The van der Waals surface area contributed by atoms with E-state index in [0.29, 0.717) is 24.3 Å². The second kappa shape index (κ2) is 12.9. The summed E-state index contributed by atoms with van der Waals surface area (Å²) < 4.78 is 5.11. The van der Waals surface area contributed by atoms with E-state index < -0.39 is 5.91 Å². The van der Waals surface area contributed by atoms with Gasteiger partial charge in [-0.3, -0.25) is 14.4 Å². The smallest absolute Gasteiger partial charge is 0.338 e. The van der Waals surface area contributed by atoms with E-state index in [9.17, 15) is 14.4 Å². The summed E-state index contributed by atoms with van der Waals surface area (Å²) in [6, 6.07) is 6.38. The average molecular weight is 364 g/mol. The number of nitrogens with one attached hydrogen (secondary N) is 2. The number of hydrogen-bond donors (Lipinski definition) is 2. The van der Waals surface area contributed by atoms with Crippen LogP contribution < -0.4 is 10.8 Å². The summed E-state index contributed by atoms with van der Waals surface area (Å²) in [5.41, 5.74) is 3.20. The molecule has 0 atom stereocenters. The van der Waals surface area contributed by atoms with Gasteiger partial charge >= 0.3 is 5.97 Å². The molecule has 1 aromatic rings. The monoisotopic (exact) mass is 364 g/mol. The Morgan fingerprint density at radius 1 is 0.923 bits per heavy atom. The molecule has 0 radical (unpaired) electrons. The quantitative estimate of drug-likeness (QED) is 0.337. The summed E-state index contributed by atoms with van der Waals surface area (Å²) in [6.45, 7) is 4.18. The van der Waals surface area contributed by atoms with Crippen LogP contribution in [-0.2, 0) is 19.2 Å². The summed E-state index contributed by atoms with van der Waals surface area (Å²) >= 11 is 0. The van der Waals surface area contributed by atoms with Gasteiger partial charge in [0.1, 0.15) is 0 Å². The molecule has 144 valence electrons. The fraction of sp³-hybridized carbons (Fsp3) is 0.526. The van der Waals surface area contributed by atoms with Crippen molar-refractivity contribution in [2.24, 2.45) is 0 Å². The second-order valence-electron chi connectivity index (χ2n) is 5.89. The summed E-state index contributed by atoms with van der Waals surface area (Å²) in [5.74, 6) is -1.03. The third-order valence-corrected chi connectivity index (χ3v) is 3.53. The van der Waals surface area contributed by atoms with Gasteiger partial charge in [-0.15, -0.1) is 0 Å². The first-order valence-corrected chi connectivity index (χ1v) is 9.04. The molecule has 2 amide bonds. The van der Waals surface area contributed by atoms with Crippen molar-refractivity contribution in [1.82, 2.24) is 5.48 Å². The van der Waals surface area contributed by atoms with E-state index in [0.717, 1.165) is 32.1 Å². The maximum absolute atomic E-state index is 11.8. The predicted octanol–water partition coefficient (Wildman–Crippen LogP) is 3.21. The lowest BCUT2D eigenvalue weighted by Gasteiger charge is -2.08. The van der Waals surface area contributed by atoms with Crippen molar-refractivity contribution in [3.63, 3.8) is 0 Å². The fourth-order valence-corrected chi connectivity index (χ4v) is 2.05. The van der Waals surface area contributed by atoms with E-state index in [1.54, 1.807) is 24.3 Å². The van der Waals surface area contributed by atoms with Crippen LogP contribution in [0.4, 0.5) is 5.69 Å². The zero-order valence-corrected chi connectivity index (χ0v) is 15.5. The first-order chi connectivity index (χ1) is 12.6. The van der Waals surface area contributed by atoms with Crippen molar-refractivity contribution in [1.29, 1.82) is 0 Å². The minimum atomic E-state index is -0.405. The normalized spacial score (nSPS) is 10.2. The fourth-order valence-electron chi connectivity index (χ4n) is 2.05. The summed E-state index contributed by atoms with van der Waals surface area (Å²) in [5, 5.41) is 2.62. The summed E-state index contributed by atoms with van der Waals surface area (Å²) in [4.78, 5) is 39.9. The maximum atomic E-state index is 11.8. The number of hydrogen-bond acceptors (Lipinski definition) is 5. The van der Waals surface area contributed by atoms with E-state index in [4.69, 9.17) is 9.57 Å². The number of benzene rings is 1. The predicted molar refractivity (Wildman–Crippen MR) is 98.5 cm³/mol. The number of anilines is 1. The van der Waals surface area contributed by atoms with Gasteiger partial charge in [0.25, 0.3) is 5.91 Å². The van der Waals surface area contributed by atoms with E-state index in [-0.39, 0.29) is 18.5 Å². The Labute approximate surface area is 154 Å². The Kier molecular flexibility index (Phi) is 10.7. The average Bonchev–Trinajstić information content (AvgIpc) is 2.62. The van der Waals surface area contributed by atoms with Crippen LogP contribution in [0.1, 0.15) is 62.7 Å². The standard InChI is InChI=1S/C19H28N2O5/c1-3-5-7-8-17(22)21-26-14-18(23)20-16-11-9-15(10-12-16)19(24)25-13-6-4-2/h9-12H,3-8,13-14H2,1-2H3,(H,20,23)(H,21,22). The van der Waals surface area contributed by atoms with Gasteiger partial charge < -0.3 is 10.1 Å². The SMILES string of the molecule is CCCCCC(=O)NOCC(=O)Nc1ccc(C(=O)OCCCC)cc1. The maximum Gasteiger partial charge on any atom is 0.338 e. The van der Waals surface area contributed by atoms with Crippen molar-refractivity contribution in [2.75, 3.05) is 18.5 Å². The molecule has 26 heavy (non-hydrogen) atoms. The molecule has 0 fully saturated rings. The second-order valence-corrected chi connectivity index (χ2v) is 5.89. The van der Waals surface area contributed by atoms with E-state index in [2.05, 4.69) is 17.7 Å². The number of ether oxygens (including phenoxy) is 1. The van der Waals surface area contributed by atoms with Crippen molar-refractivity contribution in [3.8, 4) is 0 Å². The Morgan fingerprint density at radius 3 is 2.27 bits per heavy atom. The van der Waals surface area contributed by atoms with Crippen LogP contribution in [0.5, 0.6) is 0 Å². The largest absolute Gasteiger partial charge is 0.462 e. The molecule has 1 aromatic carbocycles. The first-order valence-electron chi connectivity index (χ1n) is 9.04. The zero-order valence-electron chi connectivity index (χ0n) is 15.5. The molecule has 0 bridgehead atoms. The summed E-state index contributed by atoms with van der Waals surface area (Å²) in [7, 11) is 0. The topological polar surface area (TPSA) is 93.7 Å². The number of hydroxylamine groups is 1. The molecule has 1 rings (SSSR count). The molecule has 0 aromatic heterocycles. The third kappa shape index (κ3) is 9.17. The van der Waals surface area contributed by atoms with Crippen LogP contribution in [-0.4, -0.2) is 31.0 Å². The number of carbonyl (C=O) groups is 3. The summed E-state index contributed by atoms with van der Waals surface area (Å²) in [6.07, 6.45) is 4.98. The molecule has 0 aliphatic rings. The van der Waals surface area contributed by atoms with Crippen molar-refractivity contribution >= 4 is 23.5 Å². The van der Waals surface area contributed by atoms with Crippen LogP contribution in [0.2, 0.25) is 0 Å². The molecular weight excluding hydrogens is 336 g/mol. The molecule has 0 saturated heterocycles. The molecule has 2 N–H and O–H groups in total. The Hall–Kier alpha value is -2.41. The van der Waals surface area contributed by atoms with Crippen LogP contribution in [0, 0.1) is 0 Å². The number of rotatable bonds is 12. The number of esters is 1. The lowest BCUT2D eigenvalue weighted by atomic mass is 10.2. The molecule has 0 unspecified atom stereocenters. The van der Waals surface area contributed by atoms with Gasteiger partial charge in [0.05, 0.1) is 12.2 Å². The van der Waals surface area contributed by atoms with E-state index >= 15 is 0 Å². The van der Waals surface area contributed by atoms with Gasteiger partial charge in [0.2, 0.25) is 5.91 Å². The zero-order chi connectivity index (χ0) is 19.2. The Bertz CT molecular complexity index is 572.